The molecule has 0 unspecified atom stereocenters. The van der Waals surface area contributed by atoms with E-state index in [1.54, 1.807) is 31.3 Å². The van der Waals surface area contributed by atoms with Crippen LogP contribution < -0.4 is 10.1 Å². The zero-order chi connectivity index (χ0) is 15.7. The number of aliphatic carboxylic acids is 1. The smallest absolute Gasteiger partial charge is 0.311 e. The van der Waals surface area contributed by atoms with E-state index in [9.17, 15) is 9.90 Å². The Morgan fingerprint density at radius 2 is 1.95 bits per heavy atom. The Kier molecular flexibility index (Phi) is 4.05. The molecule has 3 rings (SSSR count). The van der Waals surface area contributed by atoms with Gasteiger partial charge in [0.2, 0.25) is 0 Å². The zero-order valence-electron chi connectivity index (χ0n) is 12.0. The molecule has 0 bridgehead atoms. The molecule has 0 spiro atoms. The second kappa shape index (κ2) is 5.99. The molecule has 0 saturated heterocycles. The van der Waals surface area contributed by atoms with Crippen LogP contribution in [0.25, 0.3) is 0 Å². The van der Waals surface area contributed by atoms with Gasteiger partial charge in [0, 0.05) is 28.6 Å². The summed E-state index contributed by atoms with van der Waals surface area (Å²) in [6, 6.07) is 12.6. The first-order valence-electron chi connectivity index (χ1n) is 7.05. The molecular formula is C17H16ClNO3. The Balaban J connectivity index is 2.24. The van der Waals surface area contributed by atoms with Crippen LogP contribution in [0.1, 0.15) is 23.0 Å². The van der Waals surface area contributed by atoms with Crippen molar-refractivity contribution in [2.45, 2.75) is 11.8 Å². The molecule has 4 nitrogen and oxygen atoms in total. The third-order valence-corrected chi connectivity index (χ3v) is 4.17. The van der Waals surface area contributed by atoms with Gasteiger partial charge in [0.25, 0.3) is 0 Å². The number of carboxylic acids is 1. The normalized spacial score (nSPS) is 19.5. The largest absolute Gasteiger partial charge is 0.481 e. The number of likely N-dealkylation sites (N-methyl/N-ethyl adjacent to an activating group) is 1. The van der Waals surface area contributed by atoms with Crippen LogP contribution in [0.3, 0.4) is 0 Å². The molecule has 0 aliphatic carbocycles. The number of carbonyl (C=O) groups is 1. The summed E-state index contributed by atoms with van der Waals surface area (Å²) in [6.45, 7) is 0.516. The lowest BCUT2D eigenvalue weighted by atomic mass is 9.81. The first kappa shape index (κ1) is 14.9. The molecule has 22 heavy (non-hydrogen) atoms. The summed E-state index contributed by atoms with van der Waals surface area (Å²) < 4.78 is 5.96. The summed E-state index contributed by atoms with van der Waals surface area (Å²) in [7, 11) is 1.81. The Morgan fingerprint density at radius 3 is 2.68 bits per heavy atom. The van der Waals surface area contributed by atoms with Crippen molar-refractivity contribution in [1.29, 1.82) is 0 Å². The first-order chi connectivity index (χ1) is 10.6. The molecule has 2 aromatic carbocycles. The van der Waals surface area contributed by atoms with Gasteiger partial charge >= 0.3 is 5.97 Å². The second-order valence-corrected chi connectivity index (χ2v) is 5.74. The van der Waals surface area contributed by atoms with Crippen molar-refractivity contribution in [2.24, 2.45) is 0 Å². The lowest BCUT2D eigenvalue weighted by Gasteiger charge is -2.23. The fourth-order valence-electron chi connectivity index (χ4n) is 3.00. The van der Waals surface area contributed by atoms with Crippen molar-refractivity contribution in [3.05, 3.63) is 58.6 Å². The highest BCUT2D eigenvalue weighted by Gasteiger charge is 2.37. The average Bonchev–Trinajstić information content (AvgIpc) is 2.62. The molecule has 1 aliphatic heterocycles. The minimum absolute atomic E-state index is 0.264. The molecule has 0 radical (unpaired) electrons. The lowest BCUT2D eigenvalue weighted by Crippen LogP contribution is -2.27. The number of hydrogen-bond acceptors (Lipinski definition) is 3. The maximum atomic E-state index is 11.9. The van der Waals surface area contributed by atoms with E-state index in [2.05, 4.69) is 5.32 Å². The Labute approximate surface area is 133 Å². The molecule has 2 aromatic rings. The molecule has 5 heteroatoms. The number of rotatable bonds is 3. The monoisotopic (exact) mass is 317 g/mol. The Hall–Kier alpha value is -2.04. The number of ether oxygens (including phenoxy) is 1. The van der Waals surface area contributed by atoms with Crippen LogP contribution in [-0.4, -0.2) is 24.7 Å². The molecule has 0 aromatic heterocycles. The van der Waals surface area contributed by atoms with Gasteiger partial charge in [-0.2, -0.15) is 0 Å². The van der Waals surface area contributed by atoms with Crippen molar-refractivity contribution in [3.8, 4) is 11.5 Å². The highest BCUT2D eigenvalue weighted by atomic mass is 35.5. The fraction of sp³-hybridized carbons (Fsp3) is 0.235. The predicted molar refractivity (Wildman–Crippen MR) is 85.0 cm³/mol. The summed E-state index contributed by atoms with van der Waals surface area (Å²) in [5.74, 6) is -0.592. The van der Waals surface area contributed by atoms with E-state index in [-0.39, 0.29) is 5.92 Å². The van der Waals surface area contributed by atoms with Crippen molar-refractivity contribution >= 4 is 17.6 Å². The van der Waals surface area contributed by atoms with Gasteiger partial charge in [-0.1, -0.05) is 29.8 Å². The maximum absolute atomic E-state index is 11.9. The van der Waals surface area contributed by atoms with Crippen LogP contribution >= 0.6 is 11.6 Å². The number of nitrogens with one attached hydrogen (secondary N) is 1. The van der Waals surface area contributed by atoms with Crippen LogP contribution in [-0.2, 0) is 4.79 Å². The zero-order valence-corrected chi connectivity index (χ0v) is 12.8. The quantitative estimate of drug-likeness (QED) is 0.908. The van der Waals surface area contributed by atoms with Crippen molar-refractivity contribution in [1.82, 2.24) is 5.32 Å². The highest BCUT2D eigenvalue weighted by molar-refractivity contribution is 6.30. The summed E-state index contributed by atoms with van der Waals surface area (Å²) in [4.78, 5) is 11.9. The predicted octanol–water partition coefficient (Wildman–Crippen LogP) is 3.62. The van der Waals surface area contributed by atoms with Gasteiger partial charge in [0.05, 0.1) is 5.92 Å². The molecule has 0 fully saturated rings. The summed E-state index contributed by atoms with van der Waals surface area (Å²) in [5.41, 5.74) is 1.49. The van der Waals surface area contributed by atoms with Gasteiger partial charge in [0.15, 0.2) is 0 Å². The van der Waals surface area contributed by atoms with Gasteiger partial charge in [0.1, 0.15) is 11.5 Å². The summed E-state index contributed by atoms with van der Waals surface area (Å²) in [6.07, 6.45) is 0. The van der Waals surface area contributed by atoms with Gasteiger partial charge in [-0.3, -0.25) is 4.79 Å². The topological polar surface area (TPSA) is 58.6 Å². The standard InChI is InChI=1S/C17H16ClNO3/c1-19-9-13-12-8-10(18)6-7-15(12)22-14-5-3-2-4-11(14)16(13)17(20)21/h2-8,13,16,19H,9H2,1H3,(H,20,21)/t13-,16-/m0/s1. The van der Waals surface area contributed by atoms with Gasteiger partial charge in [-0.05, 0) is 31.3 Å². The van der Waals surface area contributed by atoms with Crippen LogP contribution in [0.4, 0.5) is 0 Å². The minimum atomic E-state index is -0.871. The molecule has 114 valence electrons. The Bertz CT molecular complexity index is 717. The van der Waals surface area contributed by atoms with E-state index < -0.39 is 11.9 Å². The highest BCUT2D eigenvalue weighted by Crippen LogP contribution is 2.46. The van der Waals surface area contributed by atoms with Crippen LogP contribution in [0, 0.1) is 0 Å². The Morgan fingerprint density at radius 1 is 1.23 bits per heavy atom. The molecule has 0 saturated carbocycles. The van der Waals surface area contributed by atoms with Crippen LogP contribution in [0.15, 0.2) is 42.5 Å². The van der Waals surface area contributed by atoms with Crippen molar-refractivity contribution in [2.75, 3.05) is 13.6 Å². The van der Waals surface area contributed by atoms with Gasteiger partial charge in [-0.15, -0.1) is 0 Å². The summed E-state index contributed by atoms with van der Waals surface area (Å²) >= 11 is 6.11. The number of fused-ring (bicyclic) bond motifs is 2. The number of halogens is 1. The van der Waals surface area contributed by atoms with Gasteiger partial charge in [-0.25, -0.2) is 0 Å². The number of para-hydroxylation sites is 1. The fourth-order valence-corrected chi connectivity index (χ4v) is 3.18. The van der Waals surface area contributed by atoms with E-state index in [4.69, 9.17) is 16.3 Å². The molecule has 1 heterocycles. The SMILES string of the molecule is CNC[C@H]1c2cc(Cl)ccc2Oc2ccccc2[C@@H]1C(=O)O. The third-order valence-electron chi connectivity index (χ3n) is 3.94. The number of carboxylic acid groups (broad SMARTS) is 1. The van der Waals surface area contributed by atoms with E-state index >= 15 is 0 Å². The van der Waals surface area contributed by atoms with Gasteiger partial charge < -0.3 is 15.2 Å². The van der Waals surface area contributed by atoms with E-state index in [0.717, 1.165) is 5.56 Å². The first-order valence-corrected chi connectivity index (χ1v) is 7.43. The molecule has 0 amide bonds. The van der Waals surface area contributed by atoms with Crippen LogP contribution in [0.5, 0.6) is 11.5 Å². The lowest BCUT2D eigenvalue weighted by molar-refractivity contribution is -0.139. The van der Waals surface area contributed by atoms with Crippen molar-refractivity contribution < 1.29 is 14.6 Å². The van der Waals surface area contributed by atoms with E-state index in [1.807, 2.05) is 18.2 Å². The molecular weight excluding hydrogens is 302 g/mol. The average molecular weight is 318 g/mol. The second-order valence-electron chi connectivity index (χ2n) is 5.30. The van der Waals surface area contributed by atoms with Crippen LogP contribution in [0.2, 0.25) is 5.02 Å². The molecule has 2 N–H and O–H groups in total. The molecule has 1 aliphatic rings. The summed E-state index contributed by atoms with van der Waals surface area (Å²) in [5, 5.41) is 13.4. The number of hydrogen-bond donors (Lipinski definition) is 2. The molecule has 2 atom stereocenters. The van der Waals surface area contributed by atoms with E-state index in [0.29, 0.717) is 28.6 Å². The van der Waals surface area contributed by atoms with E-state index in [1.165, 1.54) is 0 Å². The minimum Gasteiger partial charge on any atom is -0.481 e. The maximum Gasteiger partial charge on any atom is 0.311 e. The van der Waals surface area contributed by atoms with Crippen molar-refractivity contribution in [3.63, 3.8) is 0 Å². The third kappa shape index (κ3) is 2.56. The number of benzene rings is 2.